The molecule has 1 aromatic carbocycles. The van der Waals surface area contributed by atoms with Crippen molar-refractivity contribution in [1.82, 2.24) is 5.32 Å². The summed E-state index contributed by atoms with van der Waals surface area (Å²) in [5, 5.41) is 10.2. The lowest BCUT2D eigenvalue weighted by Crippen LogP contribution is -2.25. The highest BCUT2D eigenvalue weighted by Crippen LogP contribution is 2.28. The molecule has 0 radical (unpaired) electrons. The van der Waals surface area contributed by atoms with Crippen LogP contribution >= 0.6 is 22.7 Å². The number of benzene rings is 1. The monoisotopic (exact) mass is 416 g/mol. The zero-order chi connectivity index (χ0) is 19.9. The molecule has 146 valence electrons. The first-order valence-corrected chi connectivity index (χ1v) is 10.6. The zero-order valence-electron chi connectivity index (χ0n) is 15.3. The predicted molar refractivity (Wildman–Crippen MR) is 112 cm³/mol. The topological polar surface area (TPSA) is 84.5 Å². The summed E-state index contributed by atoms with van der Waals surface area (Å²) in [5.41, 5.74) is 1.31. The van der Waals surface area contributed by atoms with E-state index in [9.17, 15) is 14.4 Å². The number of rotatable bonds is 8. The van der Waals surface area contributed by atoms with Crippen LogP contribution in [0.1, 0.15) is 39.8 Å². The Labute approximate surface area is 170 Å². The second kappa shape index (κ2) is 9.48. The number of hydrogen-bond donors (Lipinski definition) is 2. The minimum Gasteiger partial charge on any atom is -0.462 e. The van der Waals surface area contributed by atoms with Gasteiger partial charge < -0.3 is 15.4 Å². The Morgan fingerprint density at radius 3 is 2.75 bits per heavy atom. The van der Waals surface area contributed by atoms with Gasteiger partial charge in [0.2, 0.25) is 5.91 Å². The molecule has 0 aliphatic heterocycles. The third-order valence-corrected chi connectivity index (χ3v) is 5.71. The molecule has 0 atom stereocenters. The van der Waals surface area contributed by atoms with Crippen LogP contribution in [0, 0.1) is 0 Å². The highest BCUT2D eigenvalue weighted by molar-refractivity contribution is 7.20. The van der Waals surface area contributed by atoms with E-state index in [0.717, 1.165) is 10.1 Å². The number of esters is 1. The SMILES string of the molecule is CCOC(=O)c1cc2cc(NC(=O)CCCNC(=O)c3ccsc3)ccc2s1. The van der Waals surface area contributed by atoms with Crippen LogP contribution in [0.25, 0.3) is 10.1 Å². The van der Waals surface area contributed by atoms with Gasteiger partial charge in [-0.2, -0.15) is 11.3 Å². The fraction of sp³-hybridized carbons (Fsp3) is 0.250. The number of ether oxygens (including phenoxy) is 1. The van der Waals surface area contributed by atoms with Crippen LogP contribution in [-0.4, -0.2) is 30.9 Å². The lowest BCUT2D eigenvalue weighted by molar-refractivity contribution is -0.116. The zero-order valence-corrected chi connectivity index (χ0v) is 17.0. The van der Waals surface area contributed by atoms with Crippen molar-refractivity contribution < 1.29 is 19.1 Å². The number of carbonyl (C=O) groups excluding carboxylic acids is 3. The maximum atomic E-state index is 12.1. The van der Waals surface area contributed by atoms with Crippen LogP contribution in [0.5, 0.6) is 0 Å². The molecule has 2 N–H and O–H groups in total. The van der Waals surface area contributed by atoms with E-state index < -0.39 is 0 Å². The lowest BCUT2D eigenvalue weighted by Gasteiger charge is -2.06. The minimum absolute atomic E-state index is 0.120. The normalized spacial score (nSPS) is 10.6. The number of amides is 2. The standard InChI is InChI=1S/C20H20N2O4S2/c1-2-26-20(25)17-11-14-10-15(5-6-16(14)28-17)22-18(23)4-3-8-21-19(24)13-7-9-27-12-13/h5-7,9-12H,2-4,8H2,1H3,(H,21,24)(H,22,23). The molecule has 6 nitrogen and oxygen atoms in total. The molecule has 0 saturated heterocycles. The van der Waals surface area contributed by atoms with Gasteiger partial charge in [0.15, 0.2) is 0 Å². The fourth-order valence-corrected chi connectivity index (χ4v) is 4.17. The maximum Gasteiger partial charge on any atom is 0.348 e. The molecule has 2 aromatic heterocycles. The van der Waals surface area contributed by atoms with Gasteiger partial charge in [0.1, 0.15) is 4.88 Å². The number of anilines is 1. The average molecular weight is 417 g/mol. The van der Waals surface area contributed by atoms with Crippen LogP contribution < -0.4 is 10.6 Å². The van der Waals surface area contributed by atoms with Crippen molar-refractivity contribution in [3.63, 3.8) is 0 Å². The second-order valence-corrected chi connectivity index (χ2v) is 7.87. The van der Waals surface area contributed by atoms with Gasteiger partial charge in [-0.15, -0.1) is 11.3 Å². The number of carbonyl (C=O) groups is 3. The third-order valence-electron chi connectivity index (χ3n) is 3.93. The number of thiophene rings is 2. The van der Waals surface area contributed by atoms with E-state index in [-0.39, 0.29) is 17.8 Å². The molecule has 0 aliphatic rings. The largest absolute Gasteiger partial charge is 0.462 e. The summed E-state index contributed by atoms with van der Waals surface area (Å²) in [4.78, 5) is 36.3. The fourth-order valence-electron chi connectivity index (χ4n) is 2.59. The van der Waals surface area contributed by atoms with Crippen LogP contribution in [0.3, 0.4) is 0 Å². The summed E-state index contributed by atoms with van der Waals surface area (Å²) in [6.45, 7) is 2.54. The van der Waals surface area contributed by atoms with Crippen LogP contribution in [0.15, 0.2) is 41.1 Å². The predicted octanol–water partition coefficient (Wildman–Crippen LogP) is 4.29. The molecule has 2 heterocycles. The van der Waals surface area contributed by atoms with Gasteiger partial charge in [0.25, 0.3) is 5.91 Å². The minimum atomic E-state index is -0.334. The van der Waals surface area contributed by atoms with E-state index in [0.29, 0.717) is 42.1 Å². The van der Waals surface area contributed by atoms with Crippen molar-refractivity contribution in [2.24, 2.45) is 0 Å². The molecular weight excluding hydrogens is 396 g/mol. The van der Waals surface area contributed by atoms with Crippen LogP contribution in [-0.2, 0) is 9.53 Å². The van der Waals surface area contributed by atoms with Gasteiger partial charge >= 0.3 is 5.97 Å². The first kappa shape index (κ1) is 20.0. The summed E-state index contributed by atoms with van der Waals surface area (Å²) >= 11 is 2.83. The van der Waals surface area contributed by atoms with Gasteiger partial charge in [-0.3, -0.25) is 9.59 Å². The van der Waals surface area contributed by atoms with E-state index in [1.165, 1.54) is 22.7 Å². The average Bonchev–Trinajstić information content (AvgIpc) is 3.34. The van der Waals surface area contributed by atoms with E-state index in [1.54, 1.807) is 24.4 Å². The van der Waals surface area contributed by atoms with Gasteiger partial charge in [0, 0.05) is 34.3 Å². The summed E-state index contributed by atoms with van der Waals surface area (Å²) in [6, 6.07) is 9.06. The first-order valence-electron chi connectivity index (χ1n) is 8.88. The molecule has 2 amide bonds. The first-order chi connectivity index (χ1) is 13.6. The Balaban J connectivity index is 1.48. The molecule has 0 spiro atoms. The molecule has 0 aliphatic carbocycles. The smallest absolute Gasteiger partial charge is 0.348 e. The van der Waals surface area contributed by atoms with Gasteiger partial charge in [-0.05, 0) is 54.4 Å². The Hall–Kier alpha value is -2.71. The molecule has 8 heteroatoms. The van der Waals surface area contributed by atoms with Gasteiger partial charge in [-0.25, -0.2) is 4.79 Å². The van der Waals surface area contributed by atoms with Crippen molar-refractivity contribution in [2.45, 2.75) is 19.8 Å². The molecule has 28 heavy (non-hydrogen) atoms. The van der Waals surface area contributed by atoms with E-state index >= 15 is 0 Å². The third kappa shape index (κ3) is 5.17. The Morgan fingerprint density at radius 2 is 2.00 bits per heavy atom. The highest BCUT2D eigenvalue weighted by atomic mass is 32.1. The molecular formula is C20H20N2O4S2. The molecule has 0 saturated carbocycles. The maximum absolute atomic E-state index is 12.1. The van der Waals surface area contributed by atoms with E-state index in [4.69, 9.17) is 4.74 Å². The van der Waals surface area contributed by atoms with Crippen molar-refractivity contribution in [3.05, 3.63) is 51.5 Å². The summed E-state index contributed by atoms with van der Waals surface area (Å²) in [6.07, 6.45) is 0.856. The number of nitrogens with one attached hydrogen (secondary N) is 2. The molecule has 0 fully saturated rings. The van der Waals surface area contributed by atoms with Crippen molar-refractivity contribution in [2.75, 3.05) is 18.5 Å². The van der Waals surface area contributed by atoms with Gasteiger partial charge in [0.05, 0.1) is 6.61 Å². The summed E-state index contributed by atoms with van der Waals surface area (Å²) < 4.78 is 5.98. The summed E-state index contributed by atoms with van der Waals surface area (Å²) in [7, 11) is 0. The van der Waals surface area contributed by atoms with Crippen LogP contribution in [0.2, 0.25) is 0 Å². The van der Waals surface area contributed by atoms with Crippen molar-refractivity contribution in [3.8, 4) is 0 Å². The highest BCUT2D eigenvalue weighted by Gasteiger charge is 2.12. The second-order valence-electron chi connectivity index (χ2n) is 6.00. The summed E-state index contributed by atoms with van der Waals surface area (Å²) in [5.74, 6) is -0.578. The lowest BCUT2D eigenvalue weighted by atomic mass is 10.2. The van der Waals surface area contributed by atoms with Crippen molar-refractivity contribution in [1.29, 1.82) is 0 Å². The number of hydrogen-bond acceptors (Lipinski definition) is 6. The van der Waals surface area contributed by atoms with Gasteiger partial charge in [-0.1, -0.05) is 0 Å². The molecule has 3 rings (SSSR count). The number of fused-ring (bicyclic) bond motifs is 1. The van der Waals surface area contributed by atoms with E-state index in [1.807, 2.05) is 23.6 Å². The Kier molecular flexibility index (Phi) is 6.78. The van der Waals surface area contributed by atoms with E-state index in [2.05, 4.69) is 10.6 Å². The van der Waals surface area contributed by atoms with Crippen molar-refractivity contribution >= 4 is 56.2 Å². The Morgan fingerprint density at radius 1 is 1.14 bits per heavy atom. The molecule has 0 bridgehead atoms. The quantitative estimate of drug-likeness (QED) is 0.424. The van der Waals surface area contributed by atoms with Crippen LogP contribution in [0.4, 0.5) is 5.69 Å². The molecule has 0 unspecified atom stereocenters. The Bertz CT molecular complexity index is 979. The molecule has 3 aromatic rings.